The quantitative estimate of drug-likeness (QED) is 0.295. The van der Waals surface area contributed by atoms with Gasteiger partial charge in [-0.1, -0.05) is 11.6 Å². The average molecular weight is 621 g/mol. The van der Waals surface area contributed by atoms with Gasteiger partial charge in [-0.15, -0.1) is 25.5 Å². The second-order valence-electron chi connectivity index (χ2n) is 11.6. The van der Waals surface area contributed by atoms with Gasteiger partial charge in [-0.05, 0) is 73.4 Å². The van der Waals surface area contributed by atoms with E-state index in [0.717, 1.165) is 36.1 Å². The van der Waals surface area contributed by atoms with Crippen molar-refractivity contribution >= 4 is 23.5 Å². The average Bonchev–Trinajstić information content (AvgIpc) is 3.84. The molecule has 0 radical (unpaired) electrons. The summed E-state index contributed by atoms with van der Waals surface area (Å²) in [6.45, 7) is 1.23. The maximum atomic E-state index is 15.5. The van der Waals surface area contributed by atoms with Crippen LogP contribution in [0.25, 0.3) is 0 Å². The number of fused-ring (bicyclic) bond motifs is 1. The van der Waals surface area contributed by atoms with Gasteiger partial charge in [0.1, 0.15) is 29.5 Å². The van der Waals surface area contributed by atoms with E-state index in [2.05, 4.69) is 15.6 Å². The van der Waals surface area contributed by atoms with Crippen LogP contribution >= 0.6 is 11.6 Å². The topological polar surface area (TPSA) is 79.3 Å². The Morgan fingerprint density at radius 3 is 2.49 bits per heavy atom. The number of halogens is 5. The zero-order valence-corrected chi connectivity index (χ0v) is 23.7. The molecule has 3 unspecified atom stereocenters. The highest BCUT2D eigenvalue weighted by Gasteiger charge is 2.60. The molecule has 5 atom stereocenters. The first-order chi connectivity index (χ1) is 20.4. The van der Waals surface area contributed by atoms with Crippen molar-refractivity contribution in [3.8, 4) is 23.8 Å². The van der Waals surface area contributed by atoms with Crippen LogP contribution in [-0.2, 0) is 11.3 Å². The summed E-state index contributed by atoms with van der Waals surface area (Å²) in [6.07, 6.45) is 3.87. The van der Waals surface area contributed by atoms with Gasteiger partial charge >= 0.3 is 12.3 Å². The first kappa shape index (κ1) is 29.6. The van der Waals surface area contributed by atoms with E-state index in [1.54, 1.807) is 6.07 Å². The third kappa shape index (κ3) is 6.13. The number of carboxylic acids is 1. The van der Waals surface area contributed by atoms with Crippen LogP contribution in [0.2, 0.25) is 5.02 Å². The lowest BCUT2D eigenvalue weighted by molar-refractivity contribution is -0.274. The minimum atomic E-state index is -4.87. The predicted octanol–water partition coefficient (Wildman–Crippen LogP) is 5.85. The monoisotopic (exact) mass is 620 g/mol. The highest BCUT2D eigenvalue weighted by molar-refractivity contribution is 6.30. The first-order valence-corrected chi connectivity index (χ1v) is 14.6. The van der Waals surface area contributed by atoms with Gasteiger partial charge in [-0.2, -0.15) is 0 Å². The molecule has 2 aromatic rings. The number of likely N-dealkylation sites (tertiary alicyclic amines) is 2. The van der Waals surface area contributed by atoms with Crippen molar-refractivity contribution in [2.24, 2.45) is 11.8 Å². The molecular formula is C31H29ClF4N2O5. The molecule has 2 aliphatic heterocycles. The van der Waals surface area contributed by atoms with Crippen molar-refractivity contribution in [2.75, 3.05) is 13.1 Å². The Bertz CT molecular complexity index is 1490. The fourth-order valence-corrected chi connectivity index (χ4v) is 6.94. The molecule has 2 saturated carbocycles. The molecule has 1 N–H and O–H groups in total. The lowest BCUT2D eigenvalue weighted by Crippen LogP contribution is -2.41. The molecule has 2 aromatic carbocycles. The van der Waals surface area contributed by atoms with Crippen LogP contribution < -0.4 is 9.47 Å². The summed E-state index contributed by atoms with van der Waals surface area (Å²) in [7, 11) is 0. The van der Waals surface area contributed by atoms with E-state index in [-0.39, 0.29) is 52.8 Å². The number of carboxylic acid groups (broad SMARTS) is 1. The fourth-order valence-electron chi connectivity index (χ4n) is 6.72. The standard InChI is InChI=1S/C31H29ClF4N2O5/c1-2-21-27-26(42-19-11-18(32)12-20(13-19)43-31(34,35)36)7-9-37(28(21)27)15-17-10-24(33)23(14-22(17)16-5-6-16)29(39)38-8-3-4-25(38)30(40)41/h1,10-14,16,21,25-28H,3-9,15H2,(H,40,41)/t21?,25-,26+,27?,28?/m0/s1. The Balaban J connectivity index is 1.18. The molecule has 4 aliphatic rings. The number of aliphatic carboxylic acids is 1. The summed E-state index contributed by atoms with van der Waals surface area (Å²) in [4.78, 5) is 28.3. The molecule has 0 aromatic heterocycles. The van der Waals surface area contributed by atoms with E-state index in [4.69, 9.17) is 22.8 Å². The van der Waals surface area contributed by atoms with Gasteiger partial charge in [0.25, 0.3) is 5.91 Å². The number of rotatable bonds is 8. The Labute approximate surface area is 250 Å². The van der Waals surface area contributed by atoms with Gasteiger partial charge in [0, 0.05) is 48.6 Å². The van der Waals surface area contributed by atoms with Crippen molar-refractivity contribution in [1.82, 2.24) is 9.80 Å². The molecule has 12 heteroatoms. The third-order valence-electron chi connectivity index (χ3n) is 8.79. The molecular weight excluding hydrogens is 592 g/mol. The fraction of sp³-hybridized carbons (Fsp3) is 0.484. The third-order valence-corrected chi connectivity index (χ3v) is 9.01. The number of piperidine rings is 1. The van der Waals surface area contributed by atoms with E-state index >= 15 is 4.39 Å². The predicted molar refractivity (Wildman–Crippen MR) is 147 cm³/mol. The molecule has 0 spiro atoms. The largest absolute Gasteiger partial charge is 0.573 e. The number of hydrogen-bond donors (Lipinski definition) is 1. The molecule has 1 amide bonds. The molecule has 6 rings (SSSR count). The van der Waals surface area contributed by atoms with Crippen LogP contribution in [-0.4, -0.2) is 64.4 Å². The van der Waals surface area contributed by atoms with Gasteiger partial charge in [0.15, 0.2) is 0 Å². The minimum absolute atomic E-state index is 0.0369. The number of terminal acetylenes is 1. The number of carbonyl (C=O) groups is 2. The van der Waals surface area contributed by atoms with Crippen molar-refractivity contribution in [3.63, 3.8) is 0 Å². The molecule has 7 nitrogen and oxygen atoms in total. The van der Waals surface area contributed by atoms with Gasteiger partial charge in [-0.3, -0.25) is 9.69 Å². The Hall–Kier alpha value is -3.49. The number of hydrogen-bond acceptors (Lipinski definition) is 5. The van der Waals surface area contributed by atoms with E-state index in [0.29, 0.717) is 32.4 Å². The summed E-state index contributed by atoms with van der Waals surface area (Å²) >= 11 is 6.01. The highest BCUT2D eigenvalue weighted by Crippen LogP contribution is 2.52. The van der Waals surface area contributed by atoms with E-state index in [9.17, 15) is 27.9 Å². The van der Waals surface area contributed by atoms with Crippen LogP contribution in [0, 0.1) is 30.0 Å². The number of alkyl halides is 3. The van der Waals surface area contributed by atoms with Crippen molar-refractivity contribution in [1.29, 1.82) is 0 Å². The SMILES string of the molecule is C#CC1C2C1N(Cc1cc(F)c(C(=O)N3CCC[C@H]3C(=O)O)cc1C1CC1)CC[C@H]2Oc1cc(Cl)cc(OC(F)(F)F)c1. The Morgan fingerprint density at radius 1 is 1.07 bits per heavy atom. The normalized spacial score (nSPS) is 26.9. The van der Waals surface area contributed by atoms with Crippen LogP contribution in [0.1, 0.15) is 59.5 Å². The molecule has 2 heterocycles. The minimum Gasteiger partial charge on any atom is -0.490 e. The lowest BCUT2D eigenvalue weighted by atomic mass is 9.97. The Morgan fingerprint density at radius 2 is 1.81 bits per heavy atom. The van der Waals surface area contributed by atoms with E-state index in [1.165, 1.54) is 17.0 Å². The number of ether oxygens (including phenoxy) is 2. The van der Waals surface area contributed by atoms with E-state index < -0.39 is 35.8 Å². The van der Waals surface area contributed by atoms with Crippen molar-refractivity contribution in [3.05, 3.63) is 57.9 Å². The van der Waals surface area contributed by atoms with Gasteiger partial charge in [0.05, 0.1) is 5.56 Å². The molecule has 228 valence electrons. The molecule has 2 aliphatic carbocycles. The second kappa shape index (κ2) is 11.2. The van der Waals surface area contributed by atoms with Gasteiger partial charge in [0.2, 0.25) is 0 Å². The maximum absolute atomic E-state index is 15.5. The lowest BCUT2D eigenvalue weighted by Gasteiger charge is -2.32. The zero-order chi connectivity index (χ0) is 30.6. The van der Waals surface area contributed by atoms with E-state index in [1.807, 2.05) is 0 Å². The second-order valence-corrected chi connectivity index (χ2v) is 12.1. The van der Waals surface area contributed by atoms with Crippen molar-refractivity contribution in [2.45, 2.75) is 69.1 Å². The summed E-state index contributed by atoms with van der Waals surface area (Å²) in [6, 6.07) is 5.59. The van der Waals surface area contributed by atoms with Crippen LogP contribution in [0.3, 0.4) is 0 Å². The van der Waals surface area contributed by atoms with Gasteiger partial charge in [-0.25, -0.2) is 9.18 Å². The summed E-state index contributed by atoms with van der Waals surface area (Å²) < 4.78 is 63.8. The zero-order valence-electron chi connectivity index (χ0n) is 22.9. The highest BCUT2D eigenvalue weighted by atomic mass is 35.5. The Kier molecular flexibility index (Phi) is 7.71. The van der Waals surface area contributed by atoms with Crippen molar-refractivity contribution < 1.29 is 41.7 Å². The molecule has 2 saturated heterocycles. The molecule has 0 bridgehead atoms. The summed E-state index contributed by atoms with van der Waals surface area (Å²) in [5.41, 5.74) is 1.55. The molecule has 4 fully saturated rings. The number of carbonyl (C=O) groups excluding carboxylic acids is 1. The van der Waals surface area contributed by atoms with Crippen LogP contribution in [0.5, 0.6) is 11.5 Å². The smallest absolute Gasteiger partial charge is 0.490 e. The van der Waals surface area contributed by atoms with Gasteiger partial charge < -0.3 is 19.5 Å². The first-order valence-electron chi connectivity index (χ1n) is 14.2. The van der Waals surface area contributed by atoms with Crippen LogP contribution in [0.4, 0.5) is 17.6 Å². The summed E-state index contributed by atoms with van der Waals surface area (Å²) in [5.74, 6) is 0.0543. The molecule has 43 heavy (non-hydrogen) atoms. The summed E-state index contributed by atoms with van der Waals surface area (Å²) in [5, 5.41) is 9.53. The number of benzene rings is 2. The number of nitrogens with zero attached hydrogens (tertiary/aromatic N) is 2. The number of amides is 1. The van der Waals surface area contributed by atoms with Crippen LogP contribution in [0.15, 0.2) is 30.3 Å². The maximum Gasteiger partial charge on any atom is 0.573 e.